The topological polar surface area (TPSA) is 62.4 Å². The molecule has 21 heavy (non-hydrogen) atoms. The number of carbonyl (C=O) groups excluding carboxylic acids is 1. The van der Waals surface area contributed by atoms with Crippen LogP contribution in [-0.4, -0.2) is 12.0 Å². The van der Waals surface area contributed by atoms with Crippen LogP contribution in [0.4, 0.5) is 0 Å². The fourth-order valence-corrected chi connectivity index (χ4v) is 2.01. The highest BCUT2D eigenvalue weighted by Gasteiger charge is 2.06. The van der Waals surface area contributed by atoms with Gasteiger partial charge in [0.25, 0.3) is 0 Å². The lowest BCUT2D eigenvalue weighted by Crippen LogP contribution is -1.99. The Labute approximate surface area is 123 Å². The maximum absolute atomic E-state index is 10.5. The average Bonchev–Trinajstić information content (AvgIpc) is 2.54. The largest absolute Gasteiger partial charge is 0.390 e. The maximum atomic E-state index is 10.5. The van der Waals surface area contributed by atoms with Crippen molar-refractivity contribution in [2.75, 3.05) is 0 Å². The summed E-state index contributed by atoms with van der Waals surface area (Å²) in [4.78, 5) is 15.5. The molecule has 0 saturated heterocycles. The van der Waals surface area contributed by atoms with Gasteiger partial charge in [-0.3, -0.25) is 4.79 Å². The van der Waals surface area contributed by atoms with Gasteiger partial charge >= 0.3 is 0 Å². The van der Waals surface area contributed by atoms with Gasteiger partial charge in [-0.1, -0.05) is 53.7 Å². The minimum atomic E-state index is -0.271. The zero-order chi connectivity index (χ0) is 15.1. The van der Waals surface area contributed by atoms with E-state index in [1.54, 1.807) is 6.07 Å². The Balaban J connectivity index is 2.21. The number of rotatable bonds is 5. The fourth-order valence-electron chi connectivity index (χ4n) is 2.01. The molecule has 0 spiro atoms. The van der Waals surface area contributed by atoms with Crippen molar-refractivity contribution in [1.29, 1.82) is 5.26 Å². The van der Waals surface area contributed by atoms with Crippen LogP contribution in [0.1, 0.15) is 11.1 Å². The van der Waals surface area contributed by atoms with Crippen molar-refractivity contribution in [2.45, 2.75) is 13.5 Å². The molecule has 0 radical (unpaired) electrons. The van der Waals surface area contributed by atoms with E-state index in [1.807, 2.05) is 55.5 Å². The second-order valence-corrected chi connectivity index (χ2v) is 4.44. The van der Waals surface area contributed by atoms with Gasteiger partial charge in [0.05, 0.1) is 0 Å². The maximum Gasteiger partial charge on any atom is 0.219 e. The Hall–Kier alpha value is -2.93. The van der Waals surface area contributed by atoms with E-state index in [2.05, 4.69) is 5.16 Å². The van der Waals surface area contributed by atoms with Gasteiger partial charge in [0.1, 0.15) is 12.7 Å². The van der Waals surface area contributed by atoms with E-state index in [0.29, 0.717) is 6.29 Å². The molecule has 0 amide bonds. The third kappa shape index (κ3) is 3.54. The summed E-state index contributed by atoms with van der Waals surface area (Å²) in [5.74, 6) is 0. The molecule has 0 saturated carbocycles. The van der Waals surface area contributed by atoms with Gasteiger partial charge in [-0.05, 0) is 29.2 Å². The van der Waals surface area contributed by atoms with Gasteiger partial charge < -0.3 is 4.84 Å². The van der Waals surface area contributed by atoms with E-state index >= 15 is 0 Å². The first-order valence-electron chi connectivity index (χ1n) is 6.45. The lowest BCUT2D eigenvalue weighted by atomic mass is 9.97. The quantitative estimate of drug-likeness (QED) is 0.479. The van der Waals surface area contributed by atoms with Gasteiger partial charge in [0, 0.05) is 0 Å². The van der Waals surface area contributed by atoms with Crippen LogP contribution in [0.5, 0.6) is 0 Å². The fraction of sp³-hybridized carbons (Fsp3) is 0.118. The minimum Gasteiger partial charge on any atom is -0.390 e. The molecule has 0 aliphatic carbocycles. The van der Waals surface area contributed by atoms with Gasteiger partial charge in [0.2, 0.25) is 5.71 Å². The van der Waals surface area contributed by atoms with Crippen LogP contribution in [0.15, 0.2) is 53.7 Å². The summed E-state index contributed by atoms with van der Waals surface area (Å²) < 4.78 is 0. The predicted octanol–water partition coefficient (Wildman–Crippen LogP) is 3.26. The number of hydrogen-bond donors (Lipinski definition) is 0. The molecular formula is C17H14N2O2. The Morgan fingerprint density at radius 2 is 2.00 bits per heavy atom. The molecule has 0 bridgehead atoms. The molecule has 104 valence electrons. The molecule has 2 aromatic rings. The molecule has 4 nitrogen and oxygen atoms in total. The van der Waals surface area contributed by atoms with E-state index in [1.165, 1.54) is 0 Å². The number of oxime groups is 1. The second-order valence-electron chi connectivity index (χ2n) is 4.44. The van der Waals surface area contributed by atoms with Crippen LogP contribution < -0.4 is 0 Å². The molecule has 4 heteroatoms. The van der Waals surface area contributed by atoms with Crippen molar-refractivity contribution < 1.29 is 9.63 Å². The molecule has 0 unspecified atom stereocenters. The Bertz CT molecular complexity index is 700. The summed E-state index contributed by atoms with van der Waals surface area (Å²) in [5.41, 5.74) is 4.03. The number of benzene rings is 2. The number of nitriles is 1. The van der Waals surface area contributed by atoms with Crippen LogP contribution in [-0.2, 0) is 16.2 Å². The molecular weight excluding hydrogens is 264 g/mol. The normalized spacial score (nSPS) is 10.8. The number of aldehydes is 1. The van der Waals surface area contributed by atoms with Crippen LogP contribution >= 0.6 is 0 Å². The zero-order valence-electron chi connectivity index (χ0n) is 11.6. The smallest absolute Gasteiger partial charge is 0.219 e. The minimum absolute atomic E-state index is 0.214. The van der Waals surface area contributed by atoms with Gasteiger partial charge in [-0.2, -0.15) is 5.26 Å². The monoisotopic (exact) mass is 278 g/mol. The standard InChI is InChI=1S/C17H14N2O2/c1-13-15(12-21-19-16(10-18)11-20)8-5-9-17(13)14-6-3-2-4-7-14/h2-9,11H,12H2,1H3/b19-16-. The van der Waals surface area contributed by atoms with Crippen molar-refractivity contribution in [1.82, 2.24) is 0 Å². The summed E-state index contributed by atoms with van der Waals surface area (Å²) in [6, 6.07) is 17.6. The summed E-state index contributed by atoms with van der Waals surface area (Å²) >= 11 is 0. The summed E-state index contributed by atoms with van der Waals surface area (Å²) in [6.45, 7) is 2.22. The first-order chi connectivity index (χ1) is 10.3. The Morgan fingerprint density at radius 3 is 2.67 bits per heavy atom. The Kier molecular flexibility index (Phi) is 4.84. The third-order valence-corrected chi connectivity index (χ3v) is 3.14. The summed E-state index contributed by atoms with van der Waals surface area (Å²) in [5, 5.41) is 12.1. The predicted molar refractivity (Wildman–Crippen MR) is 80.5 cm³/mol. The summed E-state index contributed by atoms with van der Waals surface area (Å²) in [7, 11) is 0. The molecule has 0 aliphatic heterocycles. The molecule has 0 N–H and O–H groups in total. The molecule has 0 aliphatic rings. The van der Waals surface area contributed by atoms with Crippen molar-refractivity contribution in [3.63, 3.8) is 0 Å². The highest BCUT2D eigenvalue weighted by atomic mass is 16.6. The third-order valence-electron chi connectivity index (χ3n) is 3.14. The average molecular weight is 278 g/mol. The van der Waals surface area contributed by atoms with Gasteiger partial charge in [-0.15, -0.1) is 0 Å². The number of carbonyl (C=O) groups is 1. The van der Waals surface area contributed by atoms with Crippen LogP contribution in [0.3, 0.4) is 0 Å². The van der Waals surface area contributed by atoms with E-state index in [4.69, 9.17) is 10.1 Å². The molecule has 2 rings (SSSR count). The molecule has 0 fully saturated rings. The SMILES string of the molecule is Cc1c(CO/N=C(/C#N)C=O)cccc1-c1ccccc1. The molecule has 0 aromatic heterocycles. The lowest BCUT2D eigenvalue weighted by Gasteiger charge is -2.10. The van der Waals surface area contributed by atoms with Crippen LogP contribution in [0.2, 0.25) is 0 Å². The van der Waals surface area contributed by atoms with E-state index in [0.717, 1.165) is 22.3 Å². The molecule has 2 aromatic carbocycles. The van der Waals surface area contributed by atoms with Crippen molar-refractivity contribution in [3.8, 4) is 17.2 Å². The van der Waals surface area contributed by atoms with Crippen molar-refractivity contribution in [2.24, 2.45) is 5.16 Å². The second kappa shape index (κ2) is 7.01. The van der Waals surface area contributed by atoms with Crippen LogP contribution in [0, 0.1) is 18.3 Å². The van der Waals surface area contributed by atoms with Crippen molar-refractivity contribution in [3.05, 3.63) is 59.7 Å². The van der Waals surface area contributed by atoms with Gasteiger partial charge in [-0.25, -0.2) is 0 Å². The first kappa shape index (κ1) is 14.5. The Morgan fingerprint density at radius 1 is 1.24 bits per heavy atom. The lowest BCUT2D eigenvalue weighted by molar-refractivity contribution is -0.102. The van der Waals surface area contributed by atoms with Crippen LogP contribution in [0.25, 0.3) is 11.1 Å². The van der Waals surface area contributed by atoms with Gasteiger partial charge in [0.15, 0.2) is 6.29 Å². The highest BCUT2D eigenvalue weighted by molar-refractivity contribution is 6.35. The number of nitrogens with zero attached hydrogens (tertiary/aromatic N) is 2. The molecule has 0 heterocycles. The van der Waals surface area contributed by atoms with Crippen molar-refractivity contribution >= 4 is 12.0 Å². The zero-order valence-corrected chi connectivity index (χ0v) is 11.6. The van der Waals surface area contributed by atoms with E-state index < -0.39 is 0 Å². The summed E-state index contributed by atoms with van der Waals surface area (Å²) in [6.07, 6.45) is 0.368. The van der Waals surface area contributed by atoms with E-state index in [-0.39, 0.29) is 12.3 Å². The van der Waals surface area contributed by atoms with E-state index in [9.17, 15) is 4.79 Å². The highest BCUT2D eigenvalue weighted by Crippen LogP contribution is 2.25. The number of hydrogen-bond acceptors (Lipinski definition) is 4. The first-order valence-corrected chi connectivity index (χ1v) is 6.45. The molecule has 0 atom stereocenters.